The lowest BCUT2D eigenvalue weighted by atomic mass is 9.65. The molecule has 3 N–H and O–H groups in total. The lowest BCUT2D eigenvalue weighted by molar-refractivity contribution is -0.122. The maximum absolute atomic E-state index is 12.3. The molecule has 2 bridgehead atoms. The summed E-state index contributed by atoms with van der Waals surface area (Å²) in [6.45, 7) is 0. The van der Waals surface area contributed by atoms with Crippen molar-refractivity contribution in [2.24, 2.45) is 23.5 Å². The summed E-state index contributed by atoms with van der Waals surface area (Å²) < 4.78 is 0. The van der Waals surface area contributed by atoms with Crippen LogP contribution in [0.25, 0.3) is 0 Å². The van der Waals surface area contributed by atoms with Gasteiger partial charge in [-0.2, -0.15) is 0 Å². The van der Waals surface area contributed by atoms with Gasteiger partial charge in [0.15, 0.2) is 0 Å². The van der Waals surface area contributed by atoms with Crippen LogP contribution in [0, 0.1) is 17.8 Å². The average Bonchev–Trinajstić information content (AvgIpc) is 2.39. The minimum Gasteiger partial charge on any atom is -0.327 e. The van der Waals surface area contributed by atoms with Crippen molar-refractivity contribution in [2.45, 2.75) is 38.1 Å². The van der Waals surface area contributed by atoms with E-state index in [-0.39, 0.29) is 36.6 Å². The molecule has 1 aromatic heterocycles. The first kappa shape index (κ1) is 18.2. The molecule has 4 nitrogen and oxygen atoms in total. The molecule has 0 aliphatic heterocycles. The Morgan fingerprint density at radius 1 is 1.14 bits per heavy atom. The van der Waals surface area contributed by atoms with E-state index in [0.717, 1.165) is 18.5 Å². The van der Waals surface area contributed by atoms with Crippen LogP contribution in [0.1, 0.15) is 32.1 Å². The fourth-order valence-electron chi connectivity index (χ4n) is 3.68. The van der Waals surface area contributed by atoms with Gasteiger partial charge in [-0.25, -0.2) is 0 Å². The molecule has 2 aliphatic rings. The summed E-state index contributed by atoms with van der Waals surface area (Å²) in [7, 11) is 0. The van der Waals surface area contributed by atoms with Crippen molar-refractivity contribution in [3.63, 3.8) is 0 Å². The molecule has 2 atom stereocenters. The number of nitrogens with two attached hydrogens (primary N) is 1. The fraction of sp³-hybridized carbons (Fsp3) is 0.600. The summed E-state index contributed by atoms with van der Waals surface area (Å²) in [6.07, 6.45) is 8.96. The molecule has 118 valence electrons. The lowest BCUT2D eigenvalue weighted by Crippen LogP contribution is -2.48. The van der Waals surface area contributed by atoms with Crippen molar-refractivity contribution in [1.29, 1.82) is 0 Å². The second-order valence-corrected chi connectivity index (χ2v) is 5.92. The summed E-state index contributed by atoms with van der Waals surface area (Å²) in [4.78, 5) is 16.3. The number of carbonyl (C=O) groups is 1. The van der Waals surface area contributed by atoms with Gasteiger partial charge in [0, 0.05) is 30.0 Å². The molecular formula is C15H23Cl2N3O. The number of nitrogens with one attached hydrogen (secondary N) is 1. The van der Waals surface area contributed by atoms with Crippen LogP contribution in [0.3, 0.4) is 0 Å². The van der Waals surface area contributed by atoms with Crippen molar-refractivity contribution in [1.82, 2.24) is 4.98 Å². The molecule has 2 fully saturated rings. The Kier molecular flexibility index (Phi) is 6.91. The van der Waals surface area contributed by atoms with E-state index in [9.17, 15) is 4.79 Å². The maximum atomic E-state index is 12.3. The summed E-state index contributed by atoms with van der Waals surface area (Å²) in [5, 5.41) is 3.00. The Morgan fingerprint density at radius 2 is 1.71 bits per heavy atom. The number of rotatable bonds is 2. The van der Waals surface area contributed by atoms with Crippen molar-refractivity contribution >= 4 is 36.4 Å². The van der Waals surface area contributed by atoms with Gasteiger partial charge in [-0.05, 0) is 49.7 Å². The highest BCUT2D eigenvalue weighted by atomic mass is 35.5. The van der Waals surface area contributed by atoms with Gasteiger partial charge < -0.3 is 11.1 Å². The van der Waals surface area contributed by atoms with Crippen molar-refractivity contribution in [3.05, 3.63) is 24.5 Å². The Bertz CT molecular complexity index is 443. The normalized spacial score (nSPS) is 30.5. The van der Waals surface area contributed by atoms with E-state index in [4.69, 9.17) is 5.73 Å². The third-order valence-electron chi connectivity index (χ3n) is 4.73. The molecular weight excluding hydrogens is 309 g/mol. The van der Waals surface area contributed by atoms with Crippen LogP contribution in [0.2, 0.25) is 0 Å². The van der Waals surface area contributed by atoms with E-state index >= 15 is 0 Å². The number of carbonyl (C=O) groups excluding carboxylic acids is 1. The Balaban J connectivity index is 0.00000110. The molecule has 0 saturated heterocycles. The van der Waals surface area contributed by atoms with E-state index in [1.807, 2.05) is 12.1 Å². The molecule has 2 aliphatic carbocycles. The van der Waals surface area contributed by atoms with Crippen LogP contribution >= 0.6 is 24.8 Å². The van der Waals surface area contributed by atoms with Crippen LogP contribution in [-0.2, 0) is 4.79 Å². The number of halogens is 2. The molecule has 3 rings (SSSR count). The second-order valence-electron chi connectivity index (χ2n) is 5.92. The van der Waals surface area contributed by atoms with Gasteiger partial charge in [0.2, 0.25) is 5.91 Å². The number of amides is 1. The van der Waals surface area contributed by atoms with Crippen LogP contribution in [0.4, 0.5) is 5.69 Å². The highest BCUT2D eigenvalue weighted by Crippen LogP contribution is 2.42. The molecule has 2 saturated carbocycles. The second kappa shape index (κ2) is 7.97. The zero-order valence-electron chi connectivity index (χ0n) is 11.9. The lowest BCUT2D eigenvalue weighted by Gasteiger charge is -2.43. The predicted molar refractivity (Wildman–Crippen MR) is 88.9 cm³/mol. The zero-order chi connectivity index (χ0) is 13.2. The Hall–Kier alpha value is -0.840. The minimum absolute atomic E-state index is 0. The molecule has 1 amide bonds. The van der Waals surface area contributed by atoms with Crippen molar-refractivity contribution in [2.75, 3.05) is 5.32 Å². The van der Waals surface area contributed by atoms with Crippen molar-refractivity contribution < 1.29 is 4.79 Å². The first-order chi connectivity index (χ1) is 9.24. The number of aromatic nitrogens is 1. The van der Waals surface area contributed by atoms with E-state index in [2.05, 4.69) is 10.3 Å². The van der Waals surface area contributed by atoms with E-state index < -0.39 is 0 Å². The molecule has 1 aromatic rings. The first-order valence-corrected chi connectivity index (χ1v) is 7.20. The minimum atomic E-state index is 0. The molecule has 2 unspecified atom stereocenters. The van der Waals surface area contributed by atoms with E-state index in [1.165, 1.54) is 19.3 Å². The topological polar surface area (TPSA) is 68.0 Å². The van der Waals surface area contributed by atoms with Crippen LogP contribution < -0.4 is 11.1 Å². The monoisotopic (exact) mass is 331 g/mol. The standard InChI is InChI=1S/C15H21N3O.2ClH/c16-14-10-2-1-3-11(14)9-12(8-10)15(19)18-13-4-6-17-7-5-13;;/h4-7,10-12,14H,1-3,8-9,16H2,(H,17,18,19);2*1H. The van der Waals surface area contributed by atoms with E-state index in [0.29, 0.717) is 17.9 Å². The molecule has 0 aromatic carbocycles. The summed E-state index contributed by atoms with van der Waals surface area (Å²) >= 11 is 0. The molecule has 0 spiro atoms. The average molecular weight is 332 g/mol. The van der Waals surface area contributed by atoms with Crippen LogP contribution in [0.15, 0.2) is 24.5 Å². The predicted octanol–water partition coefficient (Wildman–Crippen LogP) is 3.02. The number of pyridine rings is 1. The number of fused-ring (bicyclic) bond motifs is 2. The van der Waals surface area contributed by atoms with Gasteiger partial charge in [-0.15, -0.1) is 24.8 Å². The van der Waals surface area contributed by atoms with Gasteiger partial charge >= 0.3 is 0 Å². The molecule has 1 heterocycles. The SMILES string of the molecule is Cl.Cl.NC1C2CCCC1CC(C(=O)Nc1ccncc1)C2. The quantitative estimate of drug-likeness (QED) is 0.875. The highest BCUT2D eigenvalue weighted by molar-refractivity contribution is 5.92. The number of hydrogen-bond donors (Lipinski definition) is 2. The summed E-state index contributed by atoms with van der Waals surface area (Å²) in [6, 6.07) is 3.97. The van der Waals surface area contributed by atoms with Crippen LogP contribution in [-0.4, -0.2) is 16.9 Å². The third-order valence-corrected chi connectivity index (χ3v) is 4.73. The smallest absolute Gasteiger partial charge is 0.227 e. The number of anilines is 1. The van der Waals surface area contributed by atoms with E-state index in [1.54, 1.807) is 12.4 Å². The summed E-state index contributed by atoms with van der Waals surface area (Å²) in [5.74, 6) is 1.36. The van der Waals surface area contributed by atoms with Crippen LogP contribution in [0.5, 0.6) is 0 Å². The number of nitrogens with zero attached hydrogens (tertiary/aromatic N) is 1. The van der Waals surface area contributed by atoms with Gasteiger partial charge in [0.05, 0.1) is 0 Å². The largest absolute Gasteiger partial charge is 0.327 e. The molecule has 6 heteroatoms. The Morgan fingerprint density at radius 3 is 2.29 bits per heavy atom. The third kappa shape index (κ3) is 4.09. The highest BCUT2D eigenvalue weighted by Gasteiger charge is 2.40. The fourth-order valence-corrected chi connectivity index (χ4v) is 3.68. The van der Waals surface area contributed by atoms with Gasteiger partial charge in [-0.1, -0.05) is 6.42 Å². The molecule has 21 heavy (non-hydrogen) atoms. The number of hydrogen-bond acceptors (Lipinski definition) is 3. The van der Waals surface area contributed by atoms with Gasteiger partial charge in [0.1, 0.15) is 0 Å². The van der Waals surface area contributed by atoms with Gasteiger partial charge in [0.25, 0.3) is 0 Å². The van der Waals surface area contributed by atoms with Gasteiger partial charge in [-0.3, -0.25) is 9.78 Å². The van der Waals surface area contributed by atoms with Crippen molar-refractivity contribution in [3.8, 4) is 0 Å². The zero-order valence-corrected chi connectivity index (χ0v) is 13.5. The first-order valence-electron chi connectivity index (χ1n) is 7.20. The molecule has 0 radical (unpaired) electrons. The maximum Gasteiger partial charge on any atom is 0.227 e. The summed E-state index contributed by atoms with van der Waals surface area (Å²) in [5.41, 5.74) is 7.09. The Labute approximate surface area is 138 Å².